The second kappa shape index (κ2) is 10.0. The van der Waals surface area contributed by atoms with Crippen LogP contribution in [0.4, 0.5) is 5.69 Å². The van der Waals surface area contributed by atoms with E-state index in [0.29, 0.717) is 24.2 Å². The summed E-state index contributed by atoms with van der Waals surface area (Å²) in [6.45, 7) is 5.38. The molecule has 3 atom stereocenters. The molecule has 3 aromatic rings. The Morgan fingerprint density at radius 3 is 2.42 bits per heavy atom. The van der Waals surface area contributed by atoms with E-state index < -0.39 is 0 Å². The molecule has 0 spiro atoms. The lowest BCUT2D eigenvalue weighted by Crippen LogP contribution is -2.25. The predicted octanol–water partition coefficient (Wildman–Crippen LogP) is 7.95. The minimum absolute atomic E-state index is 0.252. The van der Waals surface area contributed by atoms with E-state index >= 15 is 0 Å². The molecule has 0 radical (unpaired) electrons. The lowest BCUT2D eigenvalue weighted by atomic mass is 9.84. The monoisotopic (exact) mass is 480 g/mol. The Kier molecular flexibility index (Phi) is 6.43. The van der Waals surface area contributed by atoms with Crippen LogP contribution in [-0.2, 0) is 4.79 Å². The summed E-state index contributed by atoms with van der Waals surface area (Å²) in [4.78, 5) is 18.5. The van der Waals surface area contributed by atoms with Crippen molar-refractivity contribution < 1.29 is 9.53 Å². The summed E-state index contributed by atoms with van der Waals surface area (Å²) >= 11 is 0. The molecular formula is C32H36N2O2. The van der Waals surface area contributed by atoms with Gasteiger partial charge in [-0.2, -0.15) is 0 Å². The molecule has 0 bridgehead atoms. The molecule has 1 N–H and O–H groups in total. The van der Waals surface area contributed by atoms with Gasteiger partial charge >= 0.3 is 0 Å². The standard InChI is InChI=1S/C32H36N2O2/c1-22(32-30(18-19-33-32)25-12-13-25)23-6-5-7-24(11-10-23)26-20-31(35)34(21-26)27-14-16-29(17-15-27)36-28-8-3-2-4-9-28/h2-4,8-9,14-19,23-26,33H,1,5-7,10-13,20-21H2. The normalized spacial score (nSPS) is 24.5. The van der Waals surface area contributed by atoms with Crippen molar-refractivity contribution in [3.63, 3.8) is 0 Å². The van der Waals surface area contributed by atoms with Gasteiger partial charge in [-0.05, 0) is 109 Å². The number of rotatable bonds is 7. The zero-order valence-electron chi connectivity index (χ0n) is 21.0. The number of aromatic amines is 1. The zero-order chi connectivity index (χ0) is 24.5. The van der Waals surface area contributed by atoms with Crippen LogP contribution >= 0.6 is 0 Å². The van der Waals surface area contributed by atoms with Crippen LogP contribution in [0.5, 0.6) is 11.5 Å². The molecule has 1 amide bonds. The molecule has 4 heteroatoms. The SMILES string of the molecule is C=C(c1[nH]ccc1C1CC1)C1CCCC(C2CC(=O)N(c3ccc(Oc4ccccc4)cc3)C2)CC1. The van der Waals surface area contributed by atoms with Crippen LogP contribution in [-0.4, -0.2) is 17.4 Å². The van der Waals surface area contributed by atoms with Crippen molar-refractivity contribution in [3.05, 3.63) is 84.7 Å². The third-order valence-electron chi connectivity index (χ3n) is 8.57. The average molecular weight is 481 g/mol. The van der Waals surface area contributed by atoms with Gasteiger partial charge in [0.2, 0.25) is 5.91 Å². The molecule has 3 unspecified atom stereocenters. The van der Waals surface area contributed by atoms with Gasteiger partial charge in [-0.3, -0.25) is 4.79 Å². The number of ether oxygens (including phenoxy) is 1. The maximum Gasteiger partial charge on any atom is 0.227 e. The summed E-state index contributed by atoms with van der Waals surface area (Å²) in [5, 5.41) is 0. The van der Waals surface area contributed by atoms with Crippen LogP contribution in [0.2, 0.25) is 0 Å². The number of hydrogen-bond acceptors (Lipinski definition) is 2. The molecule has 1 saturated heterocycles. The lowest BCUT2D eigenvalue weighted by Gasteiger charge is -2.23. The van der Waals surface area contributed by atoms with Crippen LogP contribution in [0.15, 0.2) is 73.4 Å². The number of nitrogens with one attached hydrogen (secondary N) is 1. The van der Waals surface area contributed by atoms with E-state index in [2.05, 4.69) is 23.8 Å². The summed E-state index contributed by atoms with van der Waals surface area (Å²) < 4.78 is 5.92. The summed E-state index contributed by atoms with van der Waals surface area (Å²) in [5.74, 6) is 4.21. The number of carbonyl (C=O) groups excluding carboxylic acids is 1. The van der Waals surface area contributed by atoms with Crippen LogP contribution in [0, 0.1) is 17.8 Å². The van der Waals surface area contributed by atoms with Crippen LogP contribution in [0.3, 0.4) is 0 Å². The summed E-state index contributed by atoms with van der Waals surface area (Å²) in [7, 11) is 0. The van der Waals surface area contributed by atoms with Crippen LogP contribution < -0.4 is 9.64 Å². The fourth-order valence-corrected chi connectivity index (χ4v) is 6.37. The highest BCUT2D eigenvalue weighted by Crippen LogP contribution is 2.46. The van der Waals surface area contributed by atoms with Crippen molar-refractivity contribution in [1.29, 1.82) is 0 Å². The van der Waals surface area contributed by atoms with Gasteiger partial charge in [0.15, 0.2) is 0 Å². The average Bonchev–Trinajstić information content (AvgIpc) is 3.58. The predicted molar refractivity (Wildman–Crippen MR) is 145 cm³/mol. The van der Waals surface area contributed by atoms with Gasteiger partial charge in [0.1, 0.15) is 11.5 Å². The molecule has 4 nitrogen and oxygen atoms in total. The summed E-state index contributed by atoms with van der Waals surface area (Å²) in [6, 6.07) is 20.0. The van der Waals surface area contributed by atoms with E-state index in [1.54, 1.807) is 0 Å². The first-order chi connectivity index (χ1) is 17.7. The van der Waals surface area contributed by atoms with Crippen molar-refractivity contribution in [2.75, 3.05) is 11.4 Å². The molecule has 6 rings (SSSR count). The largest absolute Gasteiger partial charge is 0.457 e. The van der Waals surface area contributed by atoms with Gasteiger partial charge in [0, 0.05) is 30.5 Å². The number of nitrogens with zero attached hydrogens (tertiary/aromatic N) is 1. The first-order valence-electron chi connectivity index (χ1n) is 13.7. The van der Waals surface area contributed by atoms with E-state index in [0.717, 1.165) is 29.6 Å². The van der Waals surface area contributed by atoms with Gasteiger partial charge in [0.05, 0.1) is 0 Å². The summed E-state index contributed by atoms with van der Waals surface area (Å²) in [6.07, 6.45) is 11.4. The number of H-pyrrole nitrogens is 1. The van der Waals surface area contributed by atoms with E-state index in [1.165, 1.54) is 61.8 Å². The van der Waals surface area contributed by atoms with Crippen molar-refractivity contribution >= 4 is 17.2 Å². The van der Waals surface area contributed by atoms with Gasteiger partial charge in [0.25, 0.3) is 0 Å². The molecular weight excluding hydrogens is 444 g/mol. The maximum atomic E-state index is 13.0. The molecule has 3 fully saturated rings. The smallest absolute Gasteiger partial charge is 0.227 e. The minimum Gasteiger partial charge on any atom is -0.457 e. The van der Waals surface area contributed by atoms with Gasteiger partial charge in [-0.25, -0.2) is 0 Å². The van der Waals surface area contributed by atoms with Gasteiger partial charge < -0.3 is 14.6 Å². The third kappa shape index (κ3) is 4.86. The van der Waals surface area contributed by atoms with E-state index in [4.69, 9.17) is 4.74 Å². The van der Waals surface area contributed by atoms with E-state index in [-0.39, 0.29) is 5.91 Å². The Hall–Kier alpha value is -3.27. The molecule has 1 aliphatic heterocycles. The van der Waals surface area contributed by atoms with Crippen molar-refractivity contribution in [3.8, 4) is 11.5 Å². The van der Waals surface area contributed by atoms with Crippen LogP contribution in [0.25, 0.3) is 5.57 Å². The van der Waals surface area contributed by atoms with Crippen molar-refractivity contribution in [2.24, 2.45) is 17.8 Å². The molecule has 1 aromatic heterocycles. The molecule has 36 heavy (non-hydrogen) atoms. The zero-order valence-corrected chi connectivity index (χ0v) is 21.0. The highest BCUT2D eigenvalue weighted by atomic mass is 16.5. The third-order valence-corrected chi connectivity index (χ3v) is 8.57. The quantitative estimate of drug-likeness (QED) is 0.349. The fraction of sp³-hybridized carbons (Fsp3) is 0.406. The Bertz CT molecular complexity index is 1210. The van der Waals surface area contributed by atoms with Gasteiger partial charge in [-0.1, -0.05) is 37.6 Å². The summed E-state index contributed by atoms with van der Waals surface area (Å²) in [5.41, 5.74) is 5.08. The molecule has 2 aromatic carbocycles. The number of carbonyl (C=O) groups is 1. The highest BCUT2D eigenvalue weighted by Gasteiger charge is 2.37. The Labute approximate surface area is 214 Å². The highest BCUT2D eigenvalue weighted by molar-refractivity contribution is 5.95. The second-order valence-electron chi connectivity index (χ2n) is 11.0. The topological polar surface area (TPSA) is 45.3 Å². The first kappa shape index (κ1) is 23.1. The first-order valence-corrected chi connectivity index (χ1v) is 13.7. The van der Waals surface area contributed by atoms with Crippen LogP contribution in [0.1, 0.15) is 68.5 Å². The number of amides is 1. The fourth-order valence-electron chi connectivity index (χ4n) is 6.37. The number of allylic oxidation sites excluding steroid dienone is 1. The van der Waals surface area contributed by atoms with Gasteiger partial charge in [-0.15, -0.1) is 0 Å². The molecule has 2 saturated carbocycles. The van der Waals surface area contributed by atoms with Crippen molar-refractivity contribution in [1.82, 2.24) is 4.98 Å². The maximum absolute atomic E-state index is 13.0. The Morgan fingerprint density at radius 1 is 0.861 bits per heavy atom. The van der Waals surface area contributed by atoms with E-state index in [9.17, 15) is 4.79 Å². The lowest BCUT2D eigenvalue weighted by molar-refractivity contribution is -0.117. The number of benzene rings is 2. The molecule has 3 aliphatic rings. The Balaban J connectivity index is 1.07. The number of anilines is 1. The number of hydrogen-bond donors (Lipinski definition) is 1. The second-order valence-corrected chi connectivity index (χ2v) is 11.0. The molecule has 2 aliphatic carbocycles. The molecule has 2 heterocycles. The minimum atomic E-state index is 0.252. The molecule has 186 valence electrons. The number of para-hydroxylation sites is 1. The van der Waals surface area contributed by atoms with Crippen molar-refractivity contribution in [2.45, 2.75) is 57.3 Å². The number of aromatic nitrogens is 1. The Morgan fingerprint density at radius 2 is 1.64 bits per heavy atom. The van der Waals surface area contributed by atoms with E-state index in [1.807, 2.05) is 59.5 Å².